The molecule has 1 nitrogen and oxygen atoms in total. The molecule has 0 fully saturated rings. The highest BCUT2D eigenvalue weighted by molar-refractivity contribution is 6.40. The Morgan fingerprint density at radius 3 is 2.76 bits per heavy atom. The highest BCUT2D eigenvalue weighted by atomic mass is 35.5. The molecule has 0 spiro atoms. The molecule has 0 radical (unpaired) electrons. The van der Waals surface area contributed by atoms with Crippen molar-refractivity contribution in [1.29, 1.82) is 0 Å². The van der Waals surface area contributed by atoms with Gasteiger partial charge in [0.15, 0.2) is 0 Å². The summed E-state index contributed by atoms with van der Waals surface area (Å²) >= 11 is 6.69. The molecule has 3 aromatic carbocycles. The van der Waals surface area contributed by atoms with Gasteiger partial charge in [-0.2, -0.15) is 0 Å². The van der Waals surface area contributed by atoms with E-state index in [0.717, 1.165) is 46.8 Å². The van der Waals surface area contributed by atoms with E-state index in [-0.39, 0.29) is 24.2 Å². The first-order chi connectivity index (χ1) is 12.0. The molecule has 1 aliphatic rings. The normalized spacial score (nSPS) is 17.0. The Hall–Kier alpha value is -1.99. The van der Waals surface area contributed by atoms with Crippen LogP contribution in [0.25, 0.3) is 32.6 Å². The van der Waals surface area contributed by atoms with E-state index < -0.39 is 0 Å². The maximum absolute atomic E-state index is 8.48. The maximum Gasteiger partial charge on any atom is 0.0630 e. The molecule has 0 amide bonds. The number of rotatable bonds is 0. The quantitative estimate of drug-likeness (QED) is 0.401. The molecule has 2 heterocycles. The molecule has 0 unspecified atom stereocenters. The zero-order valence-electron chi connectivity index (χ0n) is 15.3. The van der Waals surface area contributed by atoms with E-state index in [2.05, 4.69) is 10.6 Å². The topological polar surface area (TPSA) is 4.93 Å². The number of para-hydroxylation sites is 1. The summed E-state index contributed by atoms with van der Waals surface area (Å²) in [6.45, 7) is 0.893. The lowest BCUT2D eigenvalue weighted by atomic mass is 9.96. The molecule has 0 atom stereocenters. The molecule has 0 bridgehead atoms. The summed E-state index contributed by atoms with van der Waals surface area (Å²) in [5.41, 5.74) is 3.11. The second-order valence-electron chi connectivity index (χ2n) is 5.54. The Morgan fingerprint density at radius 1 is 1.05 bits per heavy atom. The summed E-state index contributed by atoms with van der Waals surface area (Å²) in [5.74, 6) is 0. The third-order valence-corrected chi connectivity index (χ3v) is 4.90. The van der Waals surface area contributed by atoms with Crippen LogP contribution in [-0.2, 0) is 13.0 Å². The third kappa shape index (κ3) is 1.37. The van der Waals surface area contributed by atoms with Gasteiger partial charge >= 0.3 is 0 Å². The second-order valence-corrected chi connectivity index (χ2v) is 5.92. The zero-order valence-corrected chi connectivity index (χ0v) is 12.0. The first kappa shape index (κ1) is 8.45. The molecule has 0 saturated heterocycles. The number of nitrogens with zero attached hydrogens (tertiary/aromatic N) is 1. The number of fused-ring (bicyclic) bond motifs is 5. The Morgan fingerprint density at radius 2 is 1.86 bits per heavy atom. The number of hydrogen-bond acceptors (Lipinski definition) is 0. The van der Waals surface area contributed by atoms with Crippen molar-refractivity contribution < 1.29 is 5.48 Å². The van der Waals surface area contributed by atoms with E-state index in [1.807, 2.05) is 18.2 Å². The van der Waals surface area contributed by atoms with Crippen molar-refractivity contribution in [3.05, 3.63) is 59.0 Å². The Balaban J connectivity index is 2.23. The lowest BCUT2D eigenvalue weighted by Crippen LogP contribution is -2.08. The third-order valence-electron chi connectivity index (χ3n) is 4.49. The molecule has 1 aliphatic heterocycles. The van der Waals surface area contributed by atoms with E-state index in [0.29, 0.717) is 15.8 Å². The summed E-state index contributed by atoms with van der Waals surface area (Å²) in [7, 11) is 0. The standard InChI is InChI=1S/C19H14ClN/c20-18-13-7-2-1-6-12(13)17-14-8-3-4-10-16(14)21-11-5-9-15(18)19(17)21/h1-4,6-8,10H,5,9,11H2/i1D,2D,6D,7D. The zero-order chi connectivity index (χ0) is 17.5. The lowest BCUT2D eigenvalue weighted by molar-refractivity contribution is 0.652. The van der Waals surface area contributed by atoms with Crippen LogP contribution in [0.3, 0.4) is 0 Å². The lowest BCUT2D eigenvalue weighted by Gasteiger charge is -2.19. The van der Waals surface area contributed by atoms with Crippen molar-refractivity contribution in [1.82, 2.24) is 4.57 Å². The minimum absolute atomic E-state index is 0.0158. The van der Waals surface area contributed by atoms with E-state index >= 15 is 0 Å². The van der Waals surface area contributed by atoms with Crippen LogP contribution in [0.1, 0.15) is 17.5 Å². The van der Waals surface area contributed by atoms with E-state index in [4.69, 9.17) is 17.1 Å². The average Bonchev–Trinajstić information content (AvgIpc) is 2.96. The van der Waals surface area contributed by atoms with Gasteiger partial charge in [-0.25, -0.2) is 0 Å². The molecule has 4 aromatic rings. The van der Waals surface area contributed by atoms with Gasteiger partial charge in [0.05, 0.1) is 16.0 Å². The Bertz CT molecular complexity index is 1230. The van der Waals surface area contributed by atoms with E-state index in [1.165, 1.54) is 0 Å². The van der Waals surface area contributed by atoms with Crippen LogP contribution in [0.4, 0.5) is 0 Å². The van der Waals surface area contributed by atoms with Gasteiger partial charge in [0.25, 0.3) is 0 Å². The van der Waals surface area contributed by atoms with Gasteiger partial charge in [-0.1, -0.05) is 54.0 Å². The maximum atomic E-state index is 8.48. The number of aryl methyl sites for hydroxylation is 2. The van der Waals surface area contributed by atoms with Crippen LogP contribution >= 0.6 is 11.6 Å². The second kappa shape index (κ2) is 4.02. The van der Waals surface area contributed by atoms with Crippen LogP contribution in [0.5, 0.6) is 0 Å². The minimum atomic E-state index is -0.231. The number of benzene rings is 3. The van der Waals surface area contributed by atoms with Crippen molar-refractivity contribution in [3.63, 3.8) is 0 Å². The summed E-state index contributed by atoms with van der Waals surface area (Å²) < 4.78 is 35.2. The molecule has 2 heteroatoms. The summed E-state index contributed by atoms with van der Waals surface area (Å²) in [5, 5.41) is 3.37. The number of aromatic nitrogens is 1. The van der Waals surface area contributed by atoms with Gasteiger partial charge in [0.2, 0.25) is 0 Å². The van der Waals surface area contributed by atoms with Crippen molar-refractivity contribution in [2.24, 2.45) is 0 Å². The van der Waals surface area contributed by atoms with Crippen LogP contribution in [0.2, 0.25) is 5.02 Å². The molecule has 21 heavy (non-hydrogen) atoms. The van der Waals surface area contributed by atoms with Crippen LogP contribution in [-0.4, -0.2) is 4.57 Å². The van der Waals surface area contributed by atoms with Crippen molar-refractivity contribution in [2.45, 2.75) is 19.4 Å². The Kier molecular flexibility index (Phi) is 1.62. The first-order valence-corrected chi connectivity index (χ1v) is 7.51. The van der Waals surface area contributed by atoms with E-state index in [9.17, 15) is 0 Å². The van der Waals surface area contributed by atoms with Crippen molar-refractivity contribution in [3.8, 4) is 0 Å². The first-order valence-electron chi connectivity index (χ1n) is 9.13. The van der Waals surface area contributed by atoms with Crippen molar-refractivity contribution >= 4 is 44.2 Å². The van der Waals surface area contributed by atoms with Crippen LogP contribution in [0.15, 0.2) is 48.4 Å². The highest BCUT2D eigenvalue weighted by Crippen LogP contribution is 2.43. The Labute approximate surface area is 133 Å². The van der Waals surface area contributed by atoms with Gasteiger partial charge in [-0.3, -0.25) is 0 Å². The number of hydrogen-bond donors (Lipinski definition) is 0. The van der Waals surface area contributed by atoms with Gasteiger partial charge in [-0.05, 0) is 29.9 Å². The van der Waals surface area contributed by atoms with Crippen LogP contribution in [0, 0.1) is 0 Å². The fourth-order valence-electron chi connectivity index (χ4n) is 3.66. The summed E-state index contributed by atoms with van der Waals surface area (Å²) in [6, 6.07) is 7.54. The van der Waals surface area contributed by atoms with Gasteiger partial charge in [0, 0.05) is 28.2 Å². The molecule has 1 aromatic heterocycles. The molecule has 0 saturated carbocycles. The van der Waals surface area contributed by atoms with Gasteiger partial charge in [-0.15, -0.1) is 0 Å². The fraction of sp³-hybridized carbons (Fsp3) is 0.158. The summed E-state index contributed by atoms with van der Waals surface area (Å²) in [4.78, 5) is 0. The largest absolute Gasteiger partial charge is 0.340 e. The average molecular weight is 296 g/mol. The highest BCUT2D eigenvalue weighted by Gasteiger charge is 2.22. The monoisotopic (exact) mass is 295 g/mol. The molecular weight excluding hydrogens is 278 g/mol. The van der Waals surface area contributed by atoms with E-state index in [1.54, 1.807) is 0 Å². The minimum Gasteiger partial charge on any atom is -0.340 e. The molecular formula is C19H14ClN. The van der Waals surface area contributed by atoms with Gasteiger partial charge < -0.3 is 4.57 Å². The van der Waals surface area contributed by atoms with Gasteiger partial charge in [0.1, 0.15) is 0 Å². The molecule has 102 valence electrons. The number of halogens is 1. The SMILES string of the molecule is [2H]c1c([2H])c([2H])c2c(c1[2H])c(Cl)c1c3c2c2ccccc2n3CCC1. The summed E-state index contributed by atoms with van der Waals surface area (Å²) in [6.07, 6.45) is 1.79. The predicted octanol–water partition coefficient (Wildman–Crippen LogP) is 5.55. The van der Waals surface area contributed by atoms with Crippen LogP contribution < -0.4 is 0 Å². The molecule has 0 aliphatic carbocycles. The van der Waals surface area contributed by atoms with Crippen molar-refractivity contribution in [2.75, 3.05) is 0 Å². The fourth-order valence-corrected chi connectivity index (χ4v) is 3.99. The predicted molar refractivity (Wildman–Crippen MR) is 90.3 cm³/mol. The molecule has 0 N–H and O–H groups in total. The molecule has 5 rings (SSSR count). The smallest absolute Gasteiger partial charge is 0.0630 e.